The predicted octanol–water partition coefficient (Wildman–Crippen LogP) is 3.79. The fraction of sp³-hybridized carbons (Fsp3) is 0.310. The van der Waals surface area contributed by atoms with Gasteiger partial charge in [-0.25, -0.2) is 8.42 Å². The highest BCUT2D eigenvalue weighted by atomic mass is 32.2. The molecule has 0 spiro atoms. The molecule has 3 aromatic carbocycles. The van der Waals surface area contributed by atoms with E-state index in [4.69, 9.17) is 4.74 Å². The van der Waals surface area contributed by atoms with Gasteiger partial charge >= 0.3 is 0 Å². The third kappa shape index (κ3) is 7.13. The molecule has 0 heterocycles. The third-order valence-electron chi connectivity index (χ3n) is 6.23. The van der Waals surface area contributed by atoms with Crippen molar-refractivity contribution in [3.63, 3.8) is 0 Å². The summed E-state index contributed by atoms with van der Waals surface area (Å²) < 4.78 is 34.0. The van der Waals surface area contributed by atoms with E-state index < -0.39 is 28.5 Å². The number of carbonyl (C=O) groups is 2. The van der Waals surface area contributed by atoms with Crippen LogP contribution in [0.2, 0.25) is 0 Å². The number of hydrogen-bond donors (Lipinski definition) is 1. The normalized spacial score (nSPS) is 11.9. The van der Waals surface area contributed by atoms with Gasteiger partial charge in [0.15, 0.2) is 0 Å². The molecule has 0 aromatic heterocycles. The molecule has 3 rings (SSSR count). The molecule has 38 heavy (non-hydrogen) atoms. The number of sulfonamides is 1. The Labute approximate surface area is 225 Å². The van der Waals surface area contributed by atoms with Crippen LogP contribution >= 0.6 is 0 Å². The van der Waals surface area contributed by atoms with Crippen LogP contribution in [0.25, 0.3) is 0 Å². The van der Waals surface area contributed by atoms with Crippen molar-refractivity contribution < 1.29 is 22.7 Å². The highest BCUT2D eigenvalue weighted by molar-refractivity contribution is 7.92. The van der Waals surface area contributed by atoms with E-state index in [2.05, 4.69) is 5.32 Å². The second-order valence-corrected chi connectivity index (χ2v) is 10.8. The molecule has 1 N–H and O–H groups in total. The van der Waals surface area contributed by atoms with Crippen LogP contribution in [0.5, 0.6) is 5.75 Å². The van der Waals surface area contributed by atoms with Crippen molar-refractivity contribution >= 4 is 27.5 Å². The van der Waals surface area contributed by atoms with E-state index in [1.165, 1.54) is 24.1 Å². The number of anilines is 1. The van der Waals surface area contributed by atoms with Crippen LogP contribution in [0.3, 0.4) is 0 Å². The first-order valence-electron chi connectivity index (χ1n) is 12.5. The van der Waals surface area contributed by atoms with Gasteiger partial charge in [-0.15, -0.1) is 0 Å². The van der Waals surface area contributed by atoms with Gasteiger partial charge in [-0.05, 0) is 57.0 Å². The molecule has 0 aliphatic rings. The van der Waals surface area contributed by atoms with Crippen LogP contribution < -0.4 is 14.4 Å². The van der Waals surface area contributed by atoms with Gasteiger partial charge in [-0.2, -0.15) is 0 Å². The molecule has 9 heteroatoms. The number of aryl methyl sites for hydroxylation is 1. The number of nitrogens with one attached hydrogen (secondary N) is 1. The van der Waals surface area contributed by atoms with Crippen molar-refractivity contribution in [2.45, 2.75) is 38.1 Å². The summed E-state index contributed by atoms with van der Waals surface area (Å²) >= 11 is 0. The van der Waals surface area contributed by atoms with Crippen molar-refractivity contribution in [2.75, 3.05) is 31.0 Å². The quantitative estimate of drug-likeness (QED) is 0.379. The van der Waals surface area contributed by atoms with E-state index in [1.807, 2.05) is 37.3 Å². The first-order chi connectivity index (χ1) is 18.2. The molecule has 3 aromatic rings. The molecule has 0 saturated carbocycles. The third-order valence-corrected chi connectivity index (χ3v) is 8.02. The van der Waals surface area contributed by atoms with Crippen LogP contribution in [-0.2, 0) is 26.0 Å². The largest absolute Gasteiger partial charge is 0.497 e. The van der Waals surface area contributed by atoms with Crippen molar-refractivity contribution in [3.05, 3.63) is 90.0 Å². The summed E-state index contributed by atoms with van der Waals surface area (Å²) in [5.41, 5.74) is 2.20. The van der Waals surface area contributed by atoms with Gasteiger partial charge in [0.05, 0.1) is 17.7 Å². The molecule has 2 amide bonds. The molecular formula is C29H35N3O5S. The average molecular weight is 538 g/mol. The molecule has 1 atom stereocenters. The van der Waals surface area contributed by atoms with Gasteiger partial charge in [-0.3, -0.25) is 13.9 Å². The fourth-order valence-corrected chi connectivity index (χ4v) is 5.43. The van der Waals surface area contributed by atoms with Gasteiger partial charge in [0.2, 0.25) is 11.8 Å². The zero-order valence-electron chi connectivity index (χ0n) is 22.3. The van der Waals surface area contributed by atoms with Gasteiger partial charge in [0, 0.05) is 19.2 Å². The molecule has 0 fully saturated rings. The minimum absolute atomic E-state index is 0.0614. The molecule has 0 saturated heterocycles. The number of hydrogen-bond acceptors (Lipinski definition) is 5. The lowest BCUT2D eigenvalue weighted by atomic mass is 10.1. The van der Waals surface area contributed by atoms with E-state index in [9.17, 15) is 18.0 Å². The van der Waals surface area contributed by atoms with Gasteiger partial charge in [0.25, 0.3) is 10.0 Å². The molecule has 0 aliphatic carbocycles. The lowest BCUT2D eigenvalue weighted by Gasteiger charge is -2.32. The maximum atomic E-state index is 13.8. The molecule has 8 nitrogen and oxygen atoms in total. The number of nitrogens with zero attached hydrogens (tertiary/aromatic N) is 2. The smallest absolute Gasteiger partial charge is 0.264 e. The molecule has 0 radical (unpaired) electrons. The molecule has 202 valence electrons. The first kappa shape index (κ1) is 28.7. The summed E-state index contributed by atoms with van der Waals surface area (Å²) in [7, 11) is -2.63. The average Bonchev–Trinajstić information content (AvgIpc) is 2.92. The summed E-state index contributed by atoms with van der Waals surface area (Å²) in [6.07, 6.45) is 0.514. The first-order valence-corrected chi connectivity index (χ1v) is 14.0. The van der Waals surface area contributed by atoms with E-state index in [1.54, 1.807) is 50.2 Å². The topological polar surface area (TPSA) is 96.0 Å². The SMILES string of the molecule is CCNC(=O)[C@@H](C)N(CCc1ccccc1)C(=O)CN(c1cccc(OC)c1)S(=O)(=O)c1ccc(C)cc1. The Morgan fingerprint density at radius 2 is 1.66 bits per heavy atom. The number of methoxy groups -OCH3 is 1. The summed E-state index contributed by atoms with van der Waals surface area (Å²) in [4.78, 5) is 28.0. The van der Waals surface area contributed by atoms with Gasteiger partial charge in [-0.1, -0.05) is 54.1 Å². The highest BCUT2D eigenvalue weighted by Gasteiger charge is 2.32. The minimum atomic E-state index is -4.12. The number of carbonyl (C=O) groups excluding carboxylic acids is 2. The number of rotatable bonds is 12. The Hall–Kier alpha value is -3.85. The Balaban J connectivity index is 1.99. The van der Waals surface area contributed by atoms with Crippen molar-refractivity contribution in [2.24, 2.45) is 0 Å². The number of likely N-dealkylation sites (N-methyl/N-ethyl adjacent to an activating group) is 1. The zero-order valence-corrected chi connectivity index (χ0v) is 23.1. The monoisotopic (exact) mass is 537 g/mol. The molecule has 0 unspecified atom stereocenters. The Morgan fingerprint density at radius 1 is 0.974 bits per heavy atom. The summed E-state index contributed by atoms with van der Waals surface area (Å²) in [6.45, 7) is 5.51. The summed E-state index contributed by atoms with van der Waals surface area (Å²) in [5.74, 6) is -0.336. The predicted molar refractivity (Wildman–Crippen MR) is 149 cm³/mol. The highest BCUT2D eigenvalue weighted by Crippen LogP contribution is 2.27. The minimum Gasteiger partial charge on any atom is -0.497 e. The number of amides is 2. The van der Waals surface area contributed by atoms with Crippen molar-refractivity contribution in [1.29, 1.82) is 0 Å². The van der Waals surface area contributed by atoms with Crippen LogP contribution in [0.4, 0.5) is 5.69 Å². The van der Waals surface area contributed by atoms with E-state index >= 15 is 0 Å². The van der Waals surface area contributed by atoms with Crippen molar-refractivity contribution in [1.82, 2.24) is 10.2 Å². The lowest BCUT2D eigenvalue weighted by Crippen LogP contribution is -2.52. The fourth-order valence-electron chi connectivity index (χ4n) is 4.02. The Kier molecular flexibility index (Phi) is 9.90. The maximum Gasteiger partial charge on any atom is 0.264 e. The second kappa shape index (κ2) is 13.1. The zero-order chi connectivity index (χ0) is 27.7. The standard InChI is InChI=1S/C29H35N3O5S/c1-5-30-29(34)23(3)31(19-18-24-10-7-6-8-11-24)28(33)21-32(25-12-9-13-26(20-25)37-4)38(35,36)27-16-14-22(2)15-17-27/h6-17,20,23H,5,18-19,21H2,1-4H3,(H,30,34)/t23-/m1/s1. The molecular weight excluding hydrogens is 502 g/mol. The van der Waals surface area contributed by atoms with Crippen LogP contribution in [0.15, 0.2) is 83.8 Å². The Bertz CT molecular complexity index is 1330. The van der Waals surface area contributed by atoms with Gasteiger partial charge < -0.3 is 15.0 Å². The number of benzene rings is 3. The lowest BCUT2D eigenvalue weighted by molar-refractivity contribution is -0.138. The summed E-state index contributed by atoms with van der Waals surface area (Å²) in [6, 6.07) is 21.8. The summed E-state index contributed by atoms with van der Waals surface area (Å²) in [5, 5.41) is 2.76. The van der Waals surface area contributed by atoms with Crippen LogP contribution in [0, 0.1) is 6.92 Å². The maximum absolute atomic E-state index is 13.8. The van der Waals surface area contributed by atoms with E-state index in [0.29, 0.717) is 18.7 Å². The van der Waals surface area contributed by atoms with E-state index in [0.717, 1.165) is 15.4 Å². The van der Waals surface area contributed by atoms with Crippen LogP contribution in [0.1, 0.15) is 25.0 Å². The van der Waals surface area contributed by atoms with Gasteiger partial charge in [0.1, 0.15) is 18.3 Å². The van der Waals surface area contributed by atoms with E-state index in [-0.39, 0.29) is 23.0 Å². The van der Waals surface area contributed by atoms with Crippen LogP contribution in [-0.4, -0.2) is 57.9 Å². The molecule has 0 aliphatic heterocycles. The van der Waals surface area contributed by atoms with Crippen molar-refractivity contribution in [3.8, 4) is 5.75 Å². The number of ether oxygens (including phenoxy) is 1. The second-order valence-electron chi connectivity index (χ2n) is 8.92. The molecule has 0 bridgehead atoms. The Morgan fingerprint density at radius 3 is 2.29 bits per heavy atom.